The Morgan fingerprint density at radius 1 is 0.938 bits per heavy atom. The van der Waals surface area contributed by atoms with Gasteiger partial charge in [-0.1, -0.05) is 48.9 Å². The molecule has 2 saturated heterocycles. The van der Waals surface area contributed by atoms with Gasteiger partial charge in [0.05, 0.1) is 6.04 Å². The Hall–Kier alpha value is -2.33. The summed E-state index contributed by atoms with van der Waals surface area (Å²) in [4.78, 5) is 17.8. The lowest BCUT2D eigenvalue weighted by Crippen LogP contribution is -2.40. The number of carbonyl (C=O) groups excluding carboxylic acids is 1. The maximum atomic E-state index is 12.9. The van der Waals surface area contributed by atoms with E-state index in [1.54, 1.807) is 0 Å². The maximum absolute atomic E-state index is 12.9. The van der Waals surface area contributed by atoms with Crippen LogP contribution < -0.4 is 10.2 Å². The zero-order chi connectivity index (χ0) is 22.5. The van der Waals surface area contributed by atoms with E-state index in [2.05, 4.69) is 84.4 Å². The van der Waals surface area contributed by atoms with Gasteiger partial charge in [-0.05, 0) is 81.8 Å². The van der Waals surface area contributed by atoms with E-state index < -0.39 is 0 Å². The molecule has 0 spiro atoms. The van der Waals surface area contributed by atoms with Gasteiger partial charge in [0, 0.05) is 31.2 Å². The number of piperidine rings is 2. The van der Waals surface area contributed by atoms with Crippen LogP contribution in [-0.2, 0) is 11.3 Å². The lowest BCUT2D eigenvalue weighted by atomic mass is 9.94. The van der Waals surface area contributed by atoms with Crippen LogP contribution in [-0.4, -0.2) is 37.0 Å². The third-order valence-corrected chi connectivity index (χ3v) is 7.39. The lowest BCUT2D eigenvalue weighted by Gasteiger charge is -2.32. The number of hydrogen-bond acceptors (Lipinski definition) is 3. The second-order valence-electron chi connectivity index (χ2n) is 10.0. The third kappa shape index (κ3) is 5.92. The van der Waals surface area contributed by atoms with Crippen molar-refractivity contribution >= 4 is 11.6 Å². The molecule has 1 amide bonds. The summed E-state index contributed by atoms with van der Waals surface area (Å²) in [5.74, 6) is 1.18. The SMILES string of the molecule is Cc1ccc(CN2CCC(C(=O)N[C@H](C)c3ccc(N4CCC(C)CC4)cc3)CC2)cc1. The van der Waals surface area contributed by atoms with E-state index >= 15 is 0 Å². The van der Waals surface area contributed by atoms with Gasteiger partial charge in [-0.25, -0.2) is 0 Å². The molecule has 1 atom stereocenters. The van der Waals surface area contributed by atoms with Gasteiger partial charge < -0.3 is 10.2 Å². The highest BCUT2D eigenvalue weighted by Crippen LogP contribution is 2.25. The number of amides is 1. The average molecular weight is 434 g/mol. The Morgan fingerprint density at radius 2 is 1.56 bits per heavy atom. The minimum Gasteiger partial charge on any atom is -0.372 e. The van der Waals surface area contributed by atoms with E-state index in [9.17, 15) is 4.79 Å². The second-order valence-corrected chi connectivity index (χ2v) is 10.0. The summed E-state index contributed by atoms with van der Waals surface area (Å²) in [5.41, 5.74) is 5.15. The Labute approximate surface area is 194 Å². The summed E-state index contributed by atoms with van der Waals surface area (Å²) in [6, 6.07) is 17.6. The molecule has 2 fully saturated rings. The number of benzene rings is 2. The van der Waals surface area contributed by atoms with Crippen molar-refractivity contribution in [3.8, 4) is 0 Å². The van der Waals surface area contributed by atoms with Crippen molar-refractivity contribution in [2.24, 2.45) is 11.8 Å². The molecule has 0 unspecified atom stereocenters. The first kappa shape index (κ1) is 22.8. The van der Waals surface area contributed by atoms with Crippen LogP contribution in [0.3, 0.4) is 0 Å². The second kappa shape index (κ2) is 10.5. The number of carbonyl (C=O) groups is 1. The minimum atomic E-state index is 0.0449. The van der Waals surface area contributed by atoms with Crippen LogP contribution >= 0.6 is 0 Å². The highest BCUT2D eigenvalue weighted by Gasteiger charge is 2.26. The first-order valence-electron chi connectivity index (χ1n) is 12.4. The quantitative estimate of drug-likeness (QED) is 0.670. The van der Waals surface area contributed by atoms with Crippen LogP contribution in [0.5, 0.6) is 0 Å². The molecule has 1 N–H and O–H groups in total. The van der Waals surface area contributed by atoms with Crippen LogP contribution in [0.25, 0.3) is 0 Å². The van der Waals surface area contributed by atoms with Gasteiger partial charge >= 0.3 is 0 Å². The molecule has 0 aliphatic carbocycles. The standard InChI is InChI=1S/C28H39N3O/c1-21-4-6-24(7-5-21)20-30-16-14-26(15-17-30)28(32)29-23(3)25-8-10-27(11-9-25)31-18-12-22(2)13-19-31/h4-11,22-23,26H,12-20H2,1-3H3,(H,29,32)/t23-/m1/s1. The van der Waals surface area contributed by atoms with Gasteiger partial charge in [0.25, 0.3) is 0 Å². The topological polar surface area (TPSA) is 35.6 Å². The number of nitrogens with zero attached hydrogens (tertiary/aromatic N) is 2. The van der Waals surface area contributed by atoms with Gasteiger partial charge in [0.15, 0.2) is 0 Å². The average Bonchev–Trinajstić information content (AvgIpc) is 2.81. The zero-order valence-corrected chi connectivity index (χ0v) is 20.0. The van der Waals surface area contributed by atoms with E-state index in [4.69, 9.17) is 0 Å². The molecule has 2 aromatic carbocycles. The molecule has 4 rings (SSSR count). The predicted octanol–water partition coefficient (Wildman–Crippen LogP) is 5.32. The Morgan fingerprint density at radius 3 is 2.19 bits per heavy atom. The molecule has 4 nitrogen and oxygen atoms in total. The zero-order valence-electron chi connectivity index (χ0n) is 20.0. The molecule has 0 radical (unpaired) electrons. The van der Waals surface area contributed by atoms with Crippen molar-refractivity contribution in [1.29, 1.82) is 0 Å². The van der Waals surface area contributed by atoms with Gasteiger partial charge in [-0.15, -0.1) is 0 Å². The highest BCUT2D eigenvalue weighted by molar-refractivity contribution is 5.79. The fourth-order valence-electron chi connectivity index (χ4n) is 4.96. The van der Waals surface area contributed by atoms with Crippen molar-refractivity contribution < 1.29 is 4.79 Å². The van der Waals surface area contributed by atoms with Crippen LogP contribution in [0.2, 0.25) is 0 Å². The monoisotopic (exact) mass is 433 g/mol. The Kier molecular flexibility index (Phi) is 7.51. The molecule has 2 aliphatic rings. The predicted molar refractivity (Wildman–Crippen MR) is 133 cm³/mol. The number of rotatable bonds is 6. The smallest absolute Gasteiger partial charge is 0.223 e. The van der Waals surface area contributed by atoms with Gasteiger partial charge in [-0.3, -0.25) is 9.69 Å². The van der Waals surface area contributed by atoms with E-state index in [1.807, 2.05) is 0 Å². The minimum absolute atomic E-state index is 0.0449. The fourth-order valence-corrected chi connectivity index (χ4v) is 4.96. The number of nitrogens with one attached hydrogen (secondary N) is 1. The van der Waals surface area contributed by atoms with E-state index in [0.717, 1.165) is 51.5 Å². The van der Waals surface area contributed by atoms with Crippen molar-refractivity contribution in [1.82, 2.24) is 10.2 Å². The molecule has 2 aromatic rings. The number of likely N-dealkylation sites (tertiary alicyclic amines) is 1. The molecule has 2 heterocycles. The number of aryl methyl sites for hydroxylation is 1. The molecule has 2 aliphatic heterocycles. The molecular formula is C28H39N3O. The van der Waals surface area contributed by atoms with Gasteiger partial charge in [-0.2, -0.15) is 0 Å². The fraction of sp³-hybridized carbons (Fsp3) is 0.536. The summed E-state index contributed by atoms with van der Waals surface area (Å²) < 4.78 is 0. The van der Waals surface area contributed by atoms with Crippen molar-refractivity contribution in [2.45, 2.75) is 59.0 Å². The van der Waals surface area contributed by atoms with Crippen LogP contribution in [0, 0.1) is 18.8 Å². The normalized spacial score (nSPS) is 19.7. The van der Waals surface area contributed by atoms with E-state index in [-0.39, 0.29) is 17.9 Å². The number of anilines is 1. The highest BCUT2D eigenvalue weighted by atomic mass is 16.1. The molecule has 4 heteroatoms. The first-order chi connectivity index (χ1) is 15.5. The molecular weight excluding hydrogens is 394 g/mol. The summed E-state index contributed by atoms with van der Waals surface area (Å²) in [6.07, 6.45) is 4.43. The summed E-state index contributed by atoms with van der Waals surface area (Å²) in [5, 5.41) is 3.27. The molecule has 172 valence electrons. The maximum Gasteiger partial charge on any atom is 0.223 e. The van der Waals surface area contributed by atoms with Crippen LogP contribution in [0.1, 0.15) is 62.3 Å². The number of hydrogen-bond donors (Lipinski definition) is 1. The molecule has 0 aromatic heterocycles. The van der Waals surface area contributed by atoms with Crippen molar-refractivity contribution in [3.63, 3.8) is 0 Å². The lowest BCUT2D eigenvalue weighted by molar-refractivity contribution is -0.127. The first-order valence-corrected chi connectivity index (χ1v) is 12.4. The summed E-state index contributed by atoms with van der Waals surface area (Å²) >= 11 is 0. The largest absolute Gasteiger partial charge is 0.372 e. The van der Waals surface area contributed by atoms with E-state index in [0.29, 0.717) is 0 Å². The van der Waals surface area contributed by atoms with Crippen LogP contribution in [0.15, 0.2) is 48.5 Å². The van der Waals surface area contributed by atoms with Crippen LogP contribution in [0.4, 0.5) is 5.69 Å². The summed E-state index contributed by atoms with van der Waals surface area (Å²) in [6.45, 7) is 11.8. The van der Waals surface area contributed by atoms with Gasteiger partial charge in [0.1, 0.15) is 0 Å². The third-order valence-electron chi connectivity index (χ3n) is 7.39. The molecule has 32 heavy (non-hydrogen) atoms. The Balaban J connectivity index is 1.23. The van der Waals surface area contributed by atoms with Crippen molar-refractivity contribution in [3.05, 3.63) is 65.2 Å². The van der Waals surface area contributed by atoms with Crippen molar-refractivity contribution in [2.75, 3.05) is 31.1 Å². The molecule has 0 bridgehead atoms. The van der Waals surface area contributed by atoms with Gasteiger partial charge in [0.2, 0.25) is 5.91 Å². The Bertz CT molecular complexity index is 861. The van der Waals surface area contributed by atoms with E-state index in [1.165, 1.54) is 35.2 Å². The molecule has 0 saturated carbocycles. The summed E-state index contributed by atoms with van der Waals surface area (Å²) in [7, 11) is 0.